The van der Waals surface area contributed by atoms with Gasteiger partial charge in [-0.15, -0.1) is 12.4 Å². The van der Waals surface area contributed by atoms with Crippen molar-refractivity contribution >= 4 is 28.3 Å². The van der Waals surface area contributed by atoms with Crippen molar-refractivity contribution in [3.63, 3.8) is 0 Å². The molecular weight excluding hydrogens is 302 g/mol. The number of amides is 1. The molecule has 0 spiro atoms. The maximum atomic E-state index is 11.7. The van der Waals surface area contributed by atoms with E-state index in [1.807, 2.05) is 0 Å². The number of nitrogens with one attached hydrogen (secondary N) is 3. The SMILES string of the molecule is Cl.O=C(NCCS(=O)(=O)NCC1CCC1)C1CCNC1. The van der Waals surface area contributed by atoms with E-state index >= 15 is 0 Å². The Morgan fingerprint density at radius 3 is 2.55 bits per heavy atom. The van der Waals surface area contributed by atoms with Crippen LogP contribution in [0.2, 0.25) is 0 Å². The van der Waals surface area contributed by atoms with Crippen molar-refractivity contribution in [2.45, 2.75) is 25.7 Å². The standard InChI is InChI=1S/C12H23N3O3S.ClH/c16-12(11-4-5-13-9-11)14-6-7-19(17,18)15-8-10-2-1-3-10;/h10-11,13,15H,1-9H2,(H,14,16);1H. The summed E-state index contributed by atoms with van der Waals surface area (Å²) in [7, 11) is -3.25. The smallest absolute Gasteiger partial charge is 0.224 e. The third-order valence-electron chi connectivity index (χ3n) is 3.92. The molecule has 1 atom stereocenters. The van der Waals surface area contributed by atoms with Gasteiger partial charge in [0.05, 0.1) is 11.7 Å². The molecular formula is C12H24ClN3O3S. The highest BCUT2D eigenvalue weighted by atomic mass is 35.5. The molecule has 8 heteroatoms. The minimum Gasteiger partial charge on any atom is -0.355 e. The zero-order chi connectivity index (χ0) is 13.7. The summed E-state index contributed by atoms with van der Waals surface area (Å²) in [6.07, 6.45) is 4.28. The molecule has 2 rings (SSSR count). The highest BCUT2D eigenvalue weighted by Gasteiger charge is 2.23. The van der Waals surface area contributed by atoms with E-state index in [-0.39, 0.29) is 36.5 Å². The van der Waals surface area contributed by atoms with Gasteiger partial charge in [0.2, 0.25) is 15.9 Å². The quantitative estimate of drug-likeness (QED) is 0.607. The molecule has 1 saturated carbocycles. The number of hydrogen-bond acceptors (Lipinski definition) is 4. The molecule has 1 aliphatic heterocycles. The van der Waals surface area contributed by atoms with Crippen molar-refractivity contribution in [1.82, 2.24) is 15.4 Å². The van der Waals surface area contributed by atoms with Gasteiger partial charge in [-0.1, -0.05) is 6.42 Å². The lowest BCUT2D eigenvalue weighted by Crippen LogP contribution is -2.39. The fraction of sp³-hybridized carbons (Fsp3) is 0.917. The van der Waals surface area contributed by atoms with E-state index in [0.717, 1.165) is 25.8 Å². The first kappa shape index (κ1) is 17.7. The van der Waals surface area contributed by atoms with Crippen LogP contribution < -0.4 is 15.4 Å². The van der Waals surface area contributed by atoms with Crippen molar-refractivity contribution in [1.29, 1.82) is 0 Å². The predicted molar refractivity (Wildman–Crippen MR) is 80.4 cm³/mol. The maximum absolute atomic E-state index is 11.7. The van der Waals surface area contributed by atoms with Gasteiger partial charge in [-0.2, -0.15) is 0 Å². The maximum Gasteiger partial charge on any atom is 0.224 e. The fourth-order valence-electron chi connectivity index (χ4n) is 2.35. The van der Waals surface area contributed by atoms with Crippen LogP contribution in [0.5, 0.6) is 0 Å². The van der Waals surface area contributed by atoms with E-state index in [1.165, 1.54) is 6.42 Å². The van der Waals surface area contributed by atoms with Crippen molar-refractivity contribution in [2.75, 3.05) is 31.9 Å². The molecule has 1 aliphatic carbocycles. The fourth-order valence-corrected chi connectivity index (χ4v) is 3.35. The Labute approximate surface area is 126 Å². The van der Waals surface area contributed by atoms with E-state index in [4.69, 9.17) is 0 Å². The van der Waals surface area contributed by atoms with E-state index in [2.05, 4.69) is 15.4 Å². The van der Waals surface area contributed by atoms with Crippen LogP contribution in [0, 0.1) is 11.8 Å². The van der Waals surface area contributed by atoms with Gasteiger partial charge in [0.15, 0.2) is 0 Å². The molecule has 6 nitrogen and oxygen atoms in total. The van der Waals surface area contributed by atoms with Crippen molar-refractivity contribution in [3.05, 3.63) is 0 Å². The van der Waals surface area contributed by atoms with Gasteiger partial charge in [-0.05, 0) is 31.7 Å². The Balaban J connectivity index is 0.00000200. The molecule has 2 fully saturated rings. The zero-order valence-corrected chi connectivity index (χ0v) is 13.2. The summed E-state index contributed by atoms with van der Waals surface area (Å²) in [4.78, 5) is 11.7. The Hall–Kier alpha value is -0.370. The molecule has 1 heterocycles. The largest absolute Gasteiger partial charge is 0.355 e. The second-order valence-electron chi connectivity index (χ2n) is 5.45. The second kappa shape index (κ2) is 8.17. The Kier molecular flexibility index (Phi) is 7.22. The van der Waals surface area contributed by atoms with Gasteiger partial charge in [0.25, 0.3) is 0 Å². The predicted octanol–water partition coefficient (Wildman–Crippen LogP) is -0.147. The lowest BCUT2D eigenvalue weighted by atomic mass is 9.86. The summed E-state index contributed by atoms with van der Waals surface area (Å²) < 4.78 is 26.0. The van der Waals surface area contributed by atoms with E-state index < -0.39 is 10.0 Å². The lowest BCUT2D eigenvalue weighted by molar-refractivity contribution is -0.124. The average Bonchev–Trinajstić information content (AvgIpc) is 2.79. The van der Waals surface area contributed by atoms with Crippen molar-refractivity contribution in [3.8, 4) is 0 Å². The number of hydrogen-bond donors (Lipinski definition) is 3. The van der Waals surface area contributed by atoms with E-state index in [9.17, 15) is 13.2 Å². The summed E-state index contributed by atoms with van der Waals surface area (Å²) >= 11 is 0. The van der Waals surface area contributed by atoms with Crippen LogP contribution in [-0.4, -0.2) is 46.3 Å². The highest BCUT2D eigenvalue weighted by Crippen LogP contribution is 2.25. The van der Waals surface area contributed by atoms with E-state index in [1.54, 1.807) is 0 Å². The van der Waals surface area contributed by atoms with Crippen LogP contribution in [0.15, 0.2) is 0 Å². The van der Waals surface area contributed by atoms with Crippen LogP contribution in [0.4, 0.5) is 0 Å². The lowest BCUT2D eigenvalue weighted by Gasteiger charge is -2.25. The summed E-state index contributed by atoms with van der Waals surface area (Å²) in [6.45, 7) is 2.29. The van der Waals surface area contributed by atoms with Crippen LogP contribution in [0.3, 0.4) is 0 Å². The van der Waals surface area contributed by atoms with Gasteiger partial charge >= 0.3 is 0 Å². The molecule has 2 aliphatic rings. The first-order valence-electron chi connectivity index (χ1n) is 7.02. The number of sulfonamides is 1. The third-order valence-corrected chi connectivity index (χ3v) is 5.27. The first-order chi connectivity index (χ1) is 9.07. The molecule has 1 saturated heterocycles. The Morgan fingerprint density at radius 1 is 1.25 bits per heavy atom. The first-order valence-corrected chi connectivity index (χ1v) is 8.68. The molecule has 3 N–H and O–H groups in total. The summed E-state index contributed by atoms with van der Waals surface area (Å²) in [5.74, 6) is 0.421. The number of carbonyl (C=O) groups is 1. The van der Waals surface area contributed by atoms with Gasteiger partial charge in [0, 0.05) is 19.6 Å². The second-order valence-corrected chi connectivity index (χ2v) is 7.37. The van der Waals surface area contributed by atoms with Gasteiger partial charge < -0.3 is 10.6 Å². The van der Waals surface area contributed by atoms with Gasteiger partial charge in [0.1, 0.15) is 0 Å². The highest BCUT2D eigenvalue weighted by molar-refractivity contribution is 7.89. The summed E-state index contributed by atoms with van der Waals surface area (Å²) in [5, 5.41) is 5.81. The Morgan fingerprint density at radius 2 is 2.00 bits per heavy atom. The normalized spacial score (nSPS) is 22.9. The number of halogens is 1. The molecule has 0 radical (unpaired) electrons. The number of rotatable bonds is 7. The molecule has 1 amide bonds. The third kappa shape index (κ3) is 5.55. The van der Waals surface area contributed by atoms with Crippen LogP contribution in [-0.2, 0) is 14.8 Å². The van der Waals surface area contributed by atoms with E-state index in [0.29, 0.717) is 19.0 Å². The number of carbonyl (C=O) groups excluding carboxylic acids is 1. The molecule has 0 bridgehead atoms. The van der Waals surface area contributed by atoms with Crippen LogP contribution in [0.25, 0.3) is 0 Å². The minimum absolute atomic E-state index is 0. The van der Waals surface area contributed by atoms with Crippen LogP contribution >= 0.6 is 12.4 Å². The zero-order valence-electron chi connectivity index (χ0n) is 11.6. The Bertz CT molecular complexity index is 406. The van der Waals surface area contributed by atoms with Gasteiger partial charge in [-0.25, -0.2) is 13.1 Å². The topological polar surface area (TPSA) is 87.3 Å². The average molecular weight is 326 g/mol. The molecule has 0 aromatic heterocycles. The van der Waals surface area contributed by atoms with Crippen LogP contribution in [0.1, 0.15) is 25.7 Å². The van der Waals surface area contributed by atoms with Crippen molar-refractivity contribution in [2.24, 2.45) is 11.8 Å². The molecule has 118 valence electrons. The molecule has 20 heavy (non-hydrogen) atoms. The van der Waals surface area contributed by atoms with Crippen molar-refractivity contribution < 1.29 is 13.2 Å². The van der Waals surface area contributed by atoms with Gasteiger partial charge in [-0.3, -0.25) is 4.79 Å². The summed E-state index contributed by atoms with van der Waals surface area (Å²) in [6, 6.07) is 0. The molecule has 0 aromatic rings. The summed E-state index contributed by atoms with van der Waals surface area (Å²) in [5.41, 5.74) is 0. The minimum atomic E-state index is -3.25. The molecule has 1 unspecified atom stereocenters. The monoisotopic (exact) mass is 325 g/mol. The molecule has 0 aromatic carbocycles.